The van der Waals surface area contributed by atoms with Gasteiger partial charge in [0.05, 0.1) is 97.8 Å². The summed E-state index contributed by atoms with van der Waals surface area (Å²) < 4.78 is 4.85. The maximum atomic E-state index is 13.8. The average molecular weight is 1050 g/mol. The Hall–Kier alpha value is -4.26. The molecule has 2 aromatic carbocycles. The number of hydrogen-bond acceptors (Lipinski definition) is 8. The van der Waals surface area contributed by atoms with Gasteiger partial charge in [-0.05, 0) is 117 Å². The summed E-state index contributed by atoms with van der Waals surface area (Å²) in [4.78, 5) is 80.2. The highest BCUT2D eigenvalue weighted by molar-refractivity contribution is 6.08. The number of nitro benzene ring substituents is 2. The molecule has 0 unspecified atom stereocenters. The third-order valence-electron chi connectivity index (χ3n) is 14.0. The van der Waals surface area contributed by atoms with Crippen molar-refractivity contribution in [3.8, 4) is 0 Å². The fraction of sp³-hybridized carbons (Fsp3) is 0.625. The quantitative estimate of drug-likeness (QED) is 0.168. The monoisotopic (exact) mass is 1050 g/mol. The number of hydrogen-bond donors (Lipinski definition) is 0. The molecule has 1 fully saturated rings. The summed E-state index contributed by atoms with van der Waals surface area (Å²) in [7, 11) is 0. The van der Waals surface area contributed by atoms with Crippen molar-refractivity contribution in [3.63, 3.8) is 0 Å². The first-order valence-corrected chi connectivity index (χ1v) is 23.8. The molecular weight excluding hydrogens is 976 g/mol. The van der Waals surface area contributed by atoms with E-state index in [4.69, 9.17) is 0 Å². The highest BCUT2D eigenvalue weighted by Crippen LogP contribution is 2.28. The summed E-state index contributed by atoms with van der Waals surface area (Å²) in [5, 5.41) is 24.1. The van der Waals surface area contributed by atoms with Crippen molar-refractivity contribution in [2.24, 2.45) is 0 Å². The Bertz CT molecular complexity index is 2020. The molecule has 0 aromatic heterocycles. The van der Waals surface area contributed by atoms with Gasteiger partial charge in [-0.3, -0.25) is 20.2 Å². The van der Waals surface area contributed by atoms with Gasteiger partial charge in [-0.1, -0.05) is 24.3 Å². The summed E-state index contributed by atoms with van der Waals surface area (Å²) in [6.07, 6.45) is 9.89. The number of quaternary nitrogens is 2. The van der Waals surface area contributed by atoms with Crippen LogP contribution in [-0.2, 0) is 22.7 Å². The number of carbonyl (C=O) groups excluding carboxylic acids is 4. The van der Waals surface area contributed by atoms with E-state index in [0.29, 0.717) is 72.2 Å². The van der Waals surface area contributed by atoms with Crippen molar-refractivity contribution in [2.75, 3.05) is 65.4 Å². The minimum Gasteiger partial charge on any atom is -1.00 e. The molecule has 364 valence electrons. The van der Waals surface area contributed by atoms with Crippen LogP contribution in [0.25, 0.3) is 0 Å². The number of halogens is 2. The first kappa shape index (κ1) is 56.1. The molecule has 4 bridgehead atoms. The summed E-state index contributed by atoms with van der Waals surface area (Å²) in [6.45, 7) is 15.5. The molecule has 2 aromatic rings. The van der Waals surface area contributed by atoms with E-state index >= 15 is 0 Å². The van der Waals surface area contributed by atoms with Crippen molar-refractivity contribution < 1.29 is 81.1 Å². The third kappa shape index (κ3) is 14.9. The molecule has 0 atom stereocenters. The van der Waals surface area contributed by atoms with Crippen molar-refractivity contribution in [2.45, 2.75) is 131 Å². The van der Waals surface area contributed by atoms with E-state index in [1.54, 1.807) is 33.4 Å². The Kier molecular flexibility index (Phi) is 22.9. The van der Waals surface area contributed by atoms with Gasteiger partial charge >= 0.3 is 23.9 Å². The number of imide groups is 2. The fourth-order valence-electron chi connectivity index (χ4n) is 10.0. The number of nitro groups is 2. The lowest BCUT2D eigenvalue weighted by atomic mass is 10.1. The Balaban J connectivity index is 0.00000578. The van der Waals surface area contributed by atoms with Crippen LogP contribution in [0.2, 0.25) is 0 Å². The number of rotatable bonds is 8. The van der Waals surface area contributed by atoms with Gasteiger partial charge in [-0.15, -0.1) is 0 Å². The second-order valence-electron chi connectivity index (χ2n) is 18.3. The van der Waals surface area contributed by atoms with Crippen LogP contribution in [0.1, 0.15) is 129 Å². The molecule has 18 heteroatoms. The van der Waals surface area contributed by atoms with E-state index < -0.39 is 0 Å². The van der Waals surface area contributed by atoms with Crippen LogP contribution in [0.3, 0.4) is 0 Å². The van der Waals surface area contributed by atoms with Gasteiger partial charge in [0, 0.05) is 12.1 Å². The van der Waals surface area contributed by atoms with E-state index in [0.717, 1.165) is 115 Å². The number of benzene rings is 2. The first-order valence-electron chi connectivity index (χ1n) is 23.8. The van der Waals surface area contributed by atoms with E-state index in [-0.39, 0.29) is 91.9 Å². The molecule has 0 aliphatic carbocycles. The maximum Gasteiger partial charge on any atom is 0.500 e. The van der Waals surface area contributed by atoms with Crippen LogP contribution in [0.4, 0.5) is 21.0 Å². The molecular formula is C48H72Br2N8O8+2. The Morgan fingerprint density at radius 3 is 1.20 bits per heavy atom. The molecule has 6 amide bonds. The largest absolute Gasteiger partial charge is 1.00 e. The van der Waals surface area contributed by atoms with Crippen molar-refractivity contribution in [3.05, 3.63) is 79.9 Å². The molecule has 0 radical (unpaired) electrons. The van der Waals surface area contributed by atoms with Gasteiger partial charge in [-0.25, -0.2) is 9.59 Å². The van der Waals surface area contributed by atoms with Crippen molar-refractivity contribution in [1.82, 2.24) is 9.80 Å². The molecule has 0 N–H and O–H groups in total. The summed E-state index contributed by atoms with van der Waals surface area (Å²) in [5.74, 6) is -0.357. The maximum absolute atomic E-state index is 13.8. The summed E-state index contributed by atoms with van der Waals surface area (Å²) in [5.41, 5.74) is 3.17. The minimum absolute atomic E-state index is 0. The second kappa shape index (κ2) is 26.9. The summed E-state index contributed by atoms with van der Waals surface area (Å²) >= 11 is 0. The zero-order chi connectivity index (χ0) is 46.3. The molecule has 3 heterocycles. The Labute approximate surface area is 411 Å². The van der Waals surface area contributed by atoms with Crippen LogP contribution < -0.4 is 34.0 Å². The molecule has 1 saturated heterocycles. The number of fused-ring (bicyclic) bond motifs is 4. The molecule has 3 aliphatic heterocycles. The van der Waals surface area contributed by atoms with Gasteiger partial charge in [0.2, 0.25) is 0 Å². The second-order valence-corrected chi connectivity index (χ2v) is 18.3. The predicted molar refractivity (Wildman–Crippen MR) is 245 cm³/mol. The Morgan fingerprint density at radius 2 is 0.864 bits per heavy atom. The normalized spacial score (nSPS) is 23.0. The van der Waals surface area contributed by atoms with Gasteiger partial charge < -0.3 is 42.9 Å². The van der Waals surface area contributed by atoms with Gasteiger partial charge in [-0.2, -0.15) is 28.5 Å². The molecule has 66 heavy (non-hydrogen) atoms. The SMILES string of the molecule is CC[N+]1(Cc2ccccc2[N+](=O)[O-])CCCCCN2C(=O)CC(C)=[N+](CCCCC[N+](CC)(Cc3ccccc3[N+](=O)[O-])CCCCC[N+]3=C(C)CC(=O)N(CCCCC1)C3=O)C2=O.[Br-].[Br-]. The van der Waals surface area contributed by atoms with Crippen molar-refractivity contribution >= 4 is 46.7 Å². The summed E-state index contributed by atoms with van der Waals surface area (Å²) in [6, 6.07) is 13.4. The molecule has 0 saturated carbocycles. The smallest absolute Gasteiger partial charge is 0.500 e. The molecule has 3 aliphatic rings. The van der Waals surface area contributed by atoms with E-state index in [2.05, 4.69) is 13.8 Å². The van der Waals surface area contributed by atoms with Crippen LogP contribution in [0.15, 0.2) is 48.5 Å². The topological polar surface area (TPSA) is 167 Å². The van der Waals surface area contributed by atoms with Crippen LogP contribution in [0, 0.1) is 20.2 Å². The first-order chi connectivity index (χ1) is 30.7. The fourth-order valence-corrected chi connectivity index (χ4v) is 10.0. The number of nitrogens with zero attached hydrogens (tertiary/aromatic N) is 8. The van der Waals surface area contributed by atoms with Crippen molar-refractivity contribution in [1.29, 1.82) is 0 Å². The van der Waals surface area contributed by atoms with Gasteiger partial charge in [0.1, 0.15) is 25.9 Å². The van der Waals surface area contributed by atoms with Crippen LogP contribution in [0.5, 0.6) is 0 Å². The van der Waals surface area contributed by atoms with Crippen LogP contribution in [-0.4, -0.2) is 139 Å². The standard InChI is InChI=1S/C48H72N8O8.2BrH/c1-5-55(37-41-23-11-13-25-43(41)53(61)62)31-19-7-15-27-49-39(3)35-45(57)51(47(49)59)29-17-9-21-33-56(6-2,38-42-24-12-14-26-44(42)54(63)64)34-22-10-18-30-52-46(58)36-40(4)50(48(52)60)28-16-8-20-32-55;;/h11-14,23-26H,5-10,15-22,27-38H2,1-4H3;2*1H/q+4;;/p-2. The third-order valence-corrected chi connectivity index (χ3v) is 14.0. The number of para-hydroxylation sites is 2. The molecule has 5 rings (SSSR count). The molecule has 16 nitrogen and oxygen atoms in total. The van der Waals surface area contributed by atoms with Gasteiger partial charge in [0.25, 0.3) is 11.4 Å². The Morgan fingerprint density at radius 1 is 0.530 bits per heavy atom. The highest BCUT2D eigenvalue weighted by Gasteiger charge is 2.41. The number of urea groups is 2. The zero-order valence-electron chi connectivity index (χ0n) is 39.6. The highest BCUT2D eigenvalue weighted by atomic mass is 79.9. The zero-order valence-corrected chi connectivity index (χ0v) is 42.8. The lowest BCUT2D eigenvalue weighted by Crippen LogP contribution is -3.00. The minimum atomic E-state index is -0.320. The lowest BCUT2D eigenvalue weighted by Gasteiger charge is -2.38. The van der Waals surface area contributed by atoms with E-state index in [9.17, 15) is 39.4 Å². The van der Waals surface area contributed by atoms with Crippen LogP contribution >= 0.6 is 0 Å². The van der Waals surface area contributed by atoms with Gasteiger partial charge in [0.15, 0.2) is 0 Å². The number of carbonyl (C=O) groups is 4. The molecule has 0 spiro atoms. The number of amides is 6. The predicted octanol–water partition coefficient (Wildman–Crippen LogP) is 2.23. The lowest BCUT2D eigenvalue weighted by molar-refractivity contribution is -0.939. The van der Waals surface area contributed by atoms with E-state index in [1.165, 1.54) is 9.80 Å². The average Bonchev–Trinajstić information content (AvgIpc) is 3.26. The van der Waals surface area contributed by atoms with E-state index in [1.807, 2.05) is 38.1 Å².